The summed E-state index contributed by atoms with van der Waals surface area (Å²) in [5.41, 5.74) is 3.64. The van der Waals surface area contributed by atoms with Crippen LogP contribution in [0.4, 0.5) is 4.39 Å². The second kappa shape index (κ2) is 7.02. The highest BCUT2D eigenvalue weighted by molar-refractivity contribution is 6.16. The summed E-state index contributed by atoms with van der Waals surface area (Å²) in [6, 6.07) is 6.83. The Morgan fingerprint density at radius 2 is 2.05 bits per heavy atom. The summed E-state index contributed by atoms with van der Waals surface area (Å²) in [6.45, 7) is 6.24. The Morgan fingerprint density at radius 1 is 1.29 bits per heavy atom. The maximum Gasteiger partial charge on any atom is 0.137 e. The molecule has 0 aromatic heterocycles. The second-order valence-corrected chi connectivity index (χ2v) is 4.96. The summed E-state index contributed by atoms with van der Waals surface area (Å²) in [5, 5.41) is 3.20. The van der Waals surface area contributed by atoms with Crippen molar-refractivity contribution < 1.29 is 4.39 Å². The van der Waals surface area contributed by atoms with E-state index in [1.807, 2.05) is 18.3 Å². The average Bonchev–Trinajstić information content (AvgIpc) is 2.91. The van der Waals surface area contributed by atoms with Gasteiger partial charge in [0.25, 0.3) is 0 Å². The molecule has 1 heterocycles. The van der Waals surface area contributed by atoms with Gasteiger partial charge in [-0.25, -0.2) is 9.38 Å². The van der Waals surface area contributed by atoms with Crippen LogP contribution in [0.3, 0.4) is 0 Å². The quantitative estimate of drug-likeness (QED) is 0.842. The molecular formula is C18H21FN2. The normalized spacial score (nSPS) is 17.0. The van der Waals surface area contributed by atoms with Crippen LogP contribution in [0.25, 0.3) is 5.57 Å². The molecule has 0 amide bonds. The van der Waals surface area contributed by atoms with Crippen LogP contribution < -0.4 is 5.32 Å². The van der Waals surface area contributed by atoms with E-state index in [4.69, 9.17) is 0 Å². The molecule has 0 radical (unpaired) electrons. The number of allylic oxidation sites excluding steroid dienone is 2. The third-order valence-corrected chi connectivity index (χ3v) is 3.52. The fourth-order valence-corrected chi connectivity index (χ4v) is 2.24. The lowest BCUT2D eigenvalue weighted by molar-refractivity contribution is 0.624. The van der Waals surface area contributed by atoms with Gasteiger partial charge >= 0.3 is 0 Å². The molecule has 110 valence electrons. The first-order valence-electron chi connectivity index (χ1n) is 7.33. The van der Waals surface area contributed by atoms with Gasteiger partial charge in [-0.05, 0) is 32.0 Å². The molecule has 1 N–H and O–H groups in total. The van der Waals surface area contributed by atoms with Crippen LogP contribution in [-0.2, 0) is 0 Å². The van der Waals surface area contributed by atoms with E-state index in [1.165, 1.54) is 11.6 Å². The Bertz CT molecular complexity index is 636. The first kappa shape index (κ1) is 15.2. The Hall–Kier alpha value is -2.16. The molecule has 1 aromatic carbocycles. The fraction of sp³-hybridized carbons (Fsp3) is 0.278. The molecule has 0 saturated heterocycles. The van der Waals surface area contributed by atoms with Gasteiger partial charge in [-0.2, -0.15) is 0 Å². The Kier molecular flexibility index (Phi) is 5.09. The van der Waals surface area contributed by atoms with E-state index in [1.54, 1.807) is 18.3 Å². The van der Waals surface area contributed by atoms with Gasteiger partial charge in [0, 0.05) is 22.9 Å². The van der Waals surface area contributed by atoms with E-state index >= 15 is 0 Å². The van der Waals surface area contributed by atoms with Gasteiger partial charge in [0.2, 0.25) is 0 Å². The third-order valence-electron chi connectivity index (χ3n) is 3.52. The molecule has 1 aliphatic rings. The predicted octanol–water partition coefficient (Wildman–Crippen LogP) is 4.82. The maximum absolute atomic E-state index is 14.1. The van der Waals surface area contributed by atoms with Crippen LogP contribution in [0.2, 0.25) is 0 Å². The highest BCUT2D eigenvalue weighted by Gasteiger charge is 2.22. The monoisotopic (exact) mass is 284 g/mol. The number of hydrogen-bond donors (Lipinski definition) is 1. The van der Waals surface area contributed by atoms with Crippen molar-refractivity contribution in [2.24, 2.45) is 4.99 Å². The number of rotatable bonds is 4. The zero-order valence-corrected chi connectivity index (χ0v) is 12.8. The minimum atomic E-state index is -0.217. The van der Waals surface area contributed by atoms with Crippen LogP contribution >= 0.6 is 0 Å². The van der Waals surface area contributed by atoms with Gasteiger partial charge in [-0.3, -0.25) is 0 Å². The molecule has 3 heteroatoms. The van der Waals surface area contributed by atoms with Gasteiger partial charge in [0.15, 0.2) is 0 Å². The van der Waals surface area contributed by atoms with Gasteiger partial charge in [-0.1, -0.05) is 43.7 Å². The molecule has 0 unspecified atom stereocenters. The van der Waals surface area contributed by atoms with Crippen molar-refractivity contribution in [3.05, 3.63) is 65.3 Å². The number of hydrogen-bond acceptors (Lipinski definition) is 2. The zero-order chi connectivity index (χ0) is 15.2. The highest BCUT2D eigenvalue weighted by Crippen LogP contribution is 2.32. The van der Waals surface area contributed by atoms with Gasteiger partial charge in [0.05, 0.1) is 0 Å². The smallest absolute Gasteiger partial charge is 0.137 e. The fourth-order valence-electron chi connectivity index (χ4n) is 2.24. The molecule has 0 aliphatic carbocycles. The number of benzene rings is 1. The van der Waals surface area contributed by atoms with Crippen LogP contribution in [0.15, 0.2) is 58.9 Å². The molecule has 1 aliphatic heterocycles. The van der Waals surface area contributed by atoms with Crippen molar-refractivity contribution in [2.45, 2.75) is 33.6 Å². The summed E-state index contributed by atoms with van der Waals surface area (Å²) in [7, 11) is 0. The molecular weight excluding hydrogens is 263 g/mol. The van der Waals surface area contributed by atoms with Gasteiger partial charge < -0.3 is 5.32 Å². The number of aliphatic imine (C=N–C) groups is 1. The number of nitrogens with one attached hydrogen (secondary N) is 1. The first-order chi connectivity index (χ1) is 10.2. The maximum atomic E-state index is 14.1. The lowest BCUT2D eigenvalue weighted by Gasteiger charge is -2.13. The number of nitrogens with zero attached hydrogens (tertiary/aromatic N) is 1. The summed E-state index contributed by atoms with van der Waals surface area (Å²) >= 11 is 0. The van der Waals surface area contributed by atoms with E-state index in [0.717, 1.165) is 29.8 Å². The summed E-state index contributed by atoms with van der Waals surface area (Å²) in [5.74, 6) is 0.572. The lowest BCUT2D eigenvalue weighted by atomic mass is 9.94. The van der Waals surface area contributed by atoms with Crippen molar-refractivity contribution in [2.75, 3.05) is 0 Å². The van der Waals surface area contributed by atoms with Crippen LogP contribution in [0.5, 0.6) is 0 Å². The van der Waals surface area contributed by atoms with E-state index in [0.29, 0.717) is 5.56 Å². The van der Waals surface area contributed by atoms with Crippen molar-refractivity contribution in [1.82, 2.24) is 5.32 Å². The molecule has 0 fully saturated rings. The summed E-state index contributed by atoms with van der Waals surface area (Å²) in [4.78, 5) is 4.42. The van der Waals surface area contributed by atoms with E-state index in [-0.39, 0.29) is 5.82 Å². The second-order valence-electron chi connectivity index (χ2n) is 4.96. The molecule has 0 atom stereocenters. The first-order valence-corrected chi connectivity index (χ1v) is 7.33. The van der Waals surface area contributed by atoms with Gasteiger partial charge in [-0.15, -0.1) is 0 Å². The number of halogens is 1. The molecule has 21 heavy (non-hydrogen) atoms. The molecule has 0 saturated carbocycles. The third kappa shape index (κ3) is 3.30. The number of amidine groups is 1. The van der Waals surface area contributed by atoms with Gasteiger partial charge in [0.1, 0.15) is 11.7 Å². The zero-order valence-electron chi connectivity index (χ0n) is 12.8. The van der Waals surface area contributed by atoms with Crippen molar-refractivity contribution >= 4 is 11.4 Å². The SMILES string of the molecule is CC/C=C/NC1=NC=C(c2ccccc2F)/C1=C(/C)CC. The standard InChI is InChI=1S/C18H21FN2/c1-4-6-11-20-18-17(13(3)5-2)15(12-21-18)14-9-7-8-10-16(14)19/h6-12H,4-5H2,1-3H3,(H,20,21)/b11-6+,17-13+. The van der Waals surface area contributed by atoms with E-state index < -0.39 is 0 Å². The average molecular weight is 284 g/mol. The molecule has 2 rings (SSSR count). The Morgan fingerprint density at radius 3 is 2.71 bits per heavy atom. The predicted molar refractivity (Wildman–Crippen MR) is 87.4 cm³/mol. The van der Waals surface area contributed by atoms with Crippen molar-refractivity contribution in [3.63, 3.8) is 0 Å². The van der Waals surface area contributed by atoms with Crippen LogP contribution in [-0.4, -0.2) is 5.84 Å². The van der Waals surface area contributed by atoms with Crippen molar-refractivity contribution in [1.29, 1.82) is 0 Å². The molecule has 0 spiro atoms. The molecule has 0 bridgehead atoms. The molecule has 1 aromatic rings. The minimum absolute atomic E-state index is 0.217. The van der Waals surface area contributed by atoms with E-state index in [9.17, 15) is 4.39 Å². The van der Waals surface area contributed by atoms with Crippen LogP contribution in [0.1, 0.15) is 39.2 Å². The van der Waals surface area contributed by atoms with Crippen LogP contribution in [0, 0.1) is 5.82 Å². The van der Waals surface area contributed by atoms with Crippen molar-refractivity contribution in [3.8, 4) is 0 Å². The minimum Gasteiger partial charge on any atom is -0.346 e. The summed E-state index contributed by atoms with van der Waals surface area (Å²) < 4.78 is 14.1. The Labute approximate surface area is 125 Å². The highest BCUT2D eigenvalue weighted by atomic mass is 19.1. The largest absolute Gasteiger partial charge is 0.346 e. The van der Waals surface area contributed by atoms with E-state index in [2.05, 4.69) is 31.1 Å². The Balaban J connectivity index is 2.38. The topological polar surface area (TPSA) is 24.4 Å². The lowest BCUT2D eigenvalue weighted by Crippen LogP contribution is -2.19. The molecule has 2 nitrogen and oxygen atoms in total. The summed E-state index contributed by atoms with van der Waals surface area (Å²) in [6.07, 6.45) is 7.52.